The van der Waals surface area contributed by atoms with Crippen LogP contribution in [-0.4, -0.2) is 36.0 Å². The number of aryl methyl sites for hydroxylation is 1. The van der Waals surface area contributed by atoms with Crippen molar-refractivity contribution in [3.63, 3.8) is 0 Å². The number of hydrogen-bond donors (Lipinski definition) is 0. The number of carbonyl (C=O) groups excluding carboxylic acids is 1. The fourth-order valence-electron chi connectivity index (χ4n) is 5.10. The molecule has 0 amide bonds. The number of anilines is 1. The van der Waals surface area contributed by atoms with E-state index >= 15 is 0 Å². The number of allylic oxidation sites excluding steroid dienone is 1. The van der Waals surface area contributed by atoms with Crippen molar-refractivity contribution in [2.75, 3.05) is 24.2 Å². The van der Waals surface area contributed by atoms with Crippen LogP contribution in [0.25, 0.3) is 6.08 Å². The molecule has 2 aliphatic rings. The summed E-state index contributed by atoms with van der Waals surface area (Å²) < 4.78 is 7.85. The van der Waals surface area contributed by atoms with Crippen LogP contribution in [0.15, 0.2) is 68.4 Å². The van der Waals surface area contributed by atoms with Gasteiger partial charge < -0.3 is 9.64 Å². The van der Waals surface area contributed by atoms with Gasteiger partial charge in [-0.2, -0.15) is 0 Å². The lowest BCUT2D eigenvalue weighted by atomic mass is 9.96. The Morgan fingerprint density at radius 3 is 2.47 bits per heavy atom. The van der Waals surface area contributed by atoms with Crippen molar-refractivity contribution in [3.05, 3.63) is 90.1 Å². The molecule has 2 aromatic carbocycles. The molecular weight excluding hydrogens is 514 g/mol. The number of thioether (sulfide) groups is 1. The molecule has 0 saturated carbocycles. The summed E-state index contributed by atoms with van der Waals surface area (Å²) in [4.78, 5) is 36.0. The maximum atomic E-state index is 13.9. The third kappa shape index (κ3) is 5.12. The Morgan fingerprint density at radius 2 is 1.84 bits per heavy atom. The molecular formula is C30H33N3O3S2. The normalized spacial score (nSPS) is 17.7. The second-order valence-electron chi connectivity index (χ2n) is 10.0. The fourth-order valence-corrected chi connectivity index (χ4v) is 6.54. The van der Waals surface area contributed by atoms with Crippen molar-refractivity contribution in [2.45, 2.75) is 57.6 Å². The van der Waals surface area contributed by atoms with E-state index in [1.807, 2.05) is 57.4 Å². The summed E-state index contributed by atoms with van der Waals surface area (Å²) >= 11 is 3.01. The Hall–Kier alpha value is -3.10. The van der Waals surface area contributed by atoms with Crippen LogP contribution in [-0.2, 0) is 9.53 Å². The Kier molecular flexibility index (Phi) is 7.63. The summed E-state index contributed by atoms with van der Waals surface area (Å²) in [5.41, 5.74) is 5.05. The maximum absolute atomic E-state index is 13.9. The topological polar surface area (TPSA) is 63.9 Å². The lowest BCUT2D eigenvalue weighted by Crippen LogP contribution is -2.40. The molecule has 6 nitrogen and oxygen atoms in total. The Bertz CT molecular complexity index is 1580. The smallest absolute Gasteiger partial charge is 0.338 e. The van der Waals surface area contributed by atoms with Gasteiger partial charge in [0.2, 0.25) is 0 Å². The van der Waals surface area contributed by atoms with Gasteiger partial charge in [0.05, 0.1) is 27.9 Å². The second kappa shape index (κ2) is 10.9. The first-order valence-corrected chi connectivity index (χ1v) is 15.0. The van der Waals surface area contributed by atoms with Crippen LogP contribution >= 0.6 is 23.1 Å². The molecule has 1 atom stereocenters. The lowest BCUT2D eigenvalue weighted by molar-refractivity contribution is -0.143. The molecule has 8 heteroatoms. The first-order chi connectivity index (χ1) is 18.3. The zero-order chi connectivity index (χ0) is 27.0. The van der Waals surface area contributed by atoms with E-state index in [1.54, 1.807) is 16.3 Å². The van der Waals surface area contributed by atoms with Gasteiger partial charge in [0.25, 0.3) is 5.56 Å². The standard InChI is InChI=1S/C30H33N3O3S2/c1-18(2)36-29(35)26-20(4)31-30-33(27(26)21-9-12-24(37-5)13-10-21)28(34)25(38-30)17-22-8-11-23(16-19(22)3)32-14-6-7-15-32/h8-13,16-18,27H,6-7,14-15H2,1-5H3/b25-17-/t27-/m0/s1. The summed E-state index contributed by atoms with van der Waals surface area (Å²) in [6, 6.07) is 13.8. The minimum Gasteiger partial charge on any atom is -0.459 e. The predicted molar refractivity (Wildman–Crippen MR) is 156 cm³/mol. The van der Waals surface area contributed by atoms with E-state index in [1.165, 1.54) is 29.9 Å². The Morgan fingerprint density at radius 1 is 1.13 bits per heavy atom. The monoisotopic (exact) mass is 547 g/mol. The largest absolute Gasteiger partial charge is 0.459 e. The molecule has 5 rings (SSSR count). The van der Waals surface area contributed by atoms with Crippen LogP contribution in [0, 0.1) is 6.92 Å². The molecule has 0 radical (unpaired) electrons. The fraction of sp³-hybridized carbons (Fsp3) is 0.367. The van der Waals surface area contributed by atoms with E-state index < -0.39 is 12.0 Å². The van der Waals surface area contributed by atoms with Gasteiger partial charge in [-0.25, -0.2) is 9.79 Å². The van der Waals surface area contributed by atoms with E-state index in [0.717, 1.165) is 34.7 Å². The van der Waals surface area contributed by atoms with Crippen molar-refractivity contribution in [3.8, 4) is 0 Å². The number of benzene rings is 2. The van der Waals surface area contributed by atoms with Gasteiger partial charge in [0.15, 0.2) is 4.80 Å². The zero-order valence-electron chi connectivity index (χ0n) is 22.5. The number of aromatic nitrogens is 1. The third-order valence-electron chi connectivity index (χ3n) is 7.03. The molecule has 1 fully saturated rings. The third-order valence-corrected chi connectivity index (χ3v) is 8.75. The SMILES string of the molecule is CSc1ccc([C@H]2C(C(=O)OC(C)C)=C(C)N=c3s/c(=C\c4ccc(N5CCCC5)cc4C)c(=O)n32)cc1. The number of thiazole rings is 1. The molecule has 0 N–H and O–H groups in total. The van der Waals surface area contributed by atoms with Crippen LogP contribution in [0.5, 0.6) is 0 Å². The summed E-state index contributed by atoms with van der Waals surface area (Å²) in [5, 5.41) is 0. The van der Waals surface area contributed by atoms with E-state index in [-0.39, 0.29) is 11.7 Å². The number of ether oxygens (including phenoxy) is 1. The molecule has 1 saturated heterocycles. The minimum atomic E-state index is -0.603. The van der Waals surface area contributed by atoms with E-state index in [4.69, 9.17) is 9.73 Å². The molecule has 0 spiro atoms. The average molecular weight is 548 g/mol. The van der Waals surface area contributed by atoms with E-state index in [2.05, 4.69) is 30.0 Å². The van der Waals surface area contributed by atoms with Gasteiger partial charge in [0.1, 0.15) is 0 Å². The van der Waals surface area contributed by atoms with Gasteiger partial charge in [-0.05, 0) is 93.8 Å². The van der Waals surface area contributed by atoms with Crippen molar-refractivity contribution in [1.82, 2.24) is 4.57 Å². The van der Waals surface area contributed by atoms with Crippen molar-refractivity contribution >= 4 is 40.8 Å². The average Bonchev–Trinajstić information content (AvgIpc) is 3.53. The number of rotatable bonds is 6. The highest BCUT2D eigenvalue weighted by molar-refractivity contribution is 7.98. The first-order valence-electron chi connectivity index (χ1n) is 13.0. The molecule has 0 aliphatic carbocycles. The van der Waals surface area contributed by atoms with Crippen molar-refractivity contribution in [1.29, 1.82) is 0 Å². The number of nitrogens with zero attached hydrogens (tertiary/aromatic N) is 3. The lowest BCUT2D eigenvalue weighted by Gasteiger charge is -2.25. The predicted octanol–water partition coefficient (Wildman–Crippen LogP) is 4.82. The number of carbonyl (C=O) groups is 1. The Balaban J connectivity index is 1.63. The summed E-state index contributed by atoms with van der Waals surface area (Å²) in [6.07, 6.45) is 6.16. The molecule has 3 heterocycles. The second-order valence-corrected chi connectivity index (χ2v) is 11.9. The van der Waals surface area contributed by atoms with Crippen LogP contribution < -0.4 is 19.8 Å². The van der Waals surface area contributed by atoms with Crippen LogP contribution in [0.4, 0.5) is 5.69 Å². The van der Waals surface area contributed by atoms with Crippen LogP contribution in [0.3, 0.4) is 0 Å². The molecule has 2 aliphatic heterocycles. The van der Waals surface area contributed by atoms with Gasteiger partial charge in [0, 0.05) is 23.7 Å². The number of hydrogen-bond acceptors (Lipinski definition) is 7. The molecule has 38 heavy (non-hydrogen) atoms. The van der Waals surface area contributed by atoms with Crippen molar-refractivity contribution < 1.29 is 9.53 Å². The van der Waals surface area contributed by atoms with E-state index in [9.17, 15) is 9.59 Å². The molecule has 198 valence electrons. The number of fused-ring (bicyclic) bond motifs is 1. The number of esters is 1. The molecule has 0 unspecified atom stereocenters. The summed E-state index contributed by atoms with van der Waals surface area (Å²) in [6.45, 7) is 9.74. The van der Waals surface area contributed by atoms with Gasteiger partial charge in [-0.15, -0.1) is 11.8 Å². The summed E-state index contributed by atoms with van der Waals surface area (Å²) in [5.74, 6) is -0.442. The highest BCUT2D eigenvalue weighted by Crippen LogP contribution is 2.32. The van der Waals surface area contributed by atoms with Gasteiger partial charge in [-0.1, -0.05) is 29.5 Å². The minimum absolute atomic E-state index is 0.155. The van der Waals surface area contributed by atoms with Crippen LogP contribution in [0.1, 0.15) is 56.3 Å². The first kappa shape index (κ1) is 26.5. The molecule has 1 aromatic heterocycles. The maximum Gasteiger partial charge on any atom is 0.338 e. The quantitative estimate of drug-likeness (QED) is 0.327. The summed E-state index contributed by atoms with van der Waals surface area (Å²) in [7, 11) is 0. The zero-order valence-corrected chi connectivity index (χ0v) is 24.1. The van der Waals surface area contributed by atoms with Gasteiger partial charge >= 0.3 is 5.97 Å². The van der Waals surface area contributed by atoms with Gasteiger partial charge in [-0.3, -0.25) is 9.36 Å². The van der Waals surface area contributed by atoms with Crippen LogP contribution in [0.2, 0.25) is 0 Å². The molecule has 3 aromatic rings. The highest BCUT2D eigenvalue weighted by atomic mass is 32.2. The Labute approximate surface area is 231 Å². The highest BCUT2D eigenvalue weighted by Gasteiger charge is 2.33. The van der Waals surface area contributed by atoms with E-state index in [0.29, 0.717) is 20.6 Å². The molecule has 0 bridgehead atoms. The van der Waals surface area contributed by atoms with Crippen molar-refractivity contribution in [2.24, 2.45) is 4.99 Å².